The first kappa shape index (κ1) is 13.2. The SMILES string of the molecule is COCCOCCOC(F)(F)C(=O)[O-]. The number of carboxylic acid groups (broad SMARTS) is 1. The molecule has 0 unspecified atom stereocenters. The average molecular weight is 213 g/mol. The first-order valence-electron chi connectivity index (χ1n) is 3.80. The second-order valence-corrected chi connectivity index (χ2v) is 2.26. The van der Waals surface area contributed by atoms with E-state index in [1.165, 1.54) is 7.11 Å². The molecule has 0 aliphatic rings. The standard InChI is InChI=1S/C7H12F2O5/c1-12-2-3-13-4-5-14-7(8,9)6(10)11/h2-5H2,1H3,(H,10,11)/p-1. The van der Waals surface area contributed by atoms with Crippen LogP contribution in [0.4, 0.5) is 8.78 Å². The highest BCUT2D eigenvalue weighted by atomic mass is 19.3. The number of methoxy groups -OCH3 is 1. The summed E-state index contributed by atoms with van der Waals surface area (Å²) in [5, 5.41) is 9.74. The van der Waals surface area contributed by atoms with E-state index in [1.54, 1.807) is 0 Å². The Bertz CT molecular complexity index is 173. The van der Waals surface area contributed by atoms with E-state index in [2.05, 4.69) is 9.47 Å². The lowest BCUT2D eigenvalue weighted by molar-refractivity contribution is -0.363. The predicted octanol–water partition coefficient (Wildman–Crippen LogP) is -0.991. The van der Waals surface area contributed by atoms with Crippen molar-refractivity contribution in [3.63, 3.8) is 0 Å². The summed E-state index contributed by atoms with van der Waals surface area (Å²) in [5.74, 6) is -2.56. The molecule has 0 fully saturated rings. The second kappa shape index (κ2) is 6.63. The van der Waals surface area contributed by atoms with Crippen LogP contribution in [0.2, 0.25) is 0 Å². The van der Waals surface area contributed by atoms with E-state index in [-0.39, 0.29) is 13.2 Å². The van der Waals surface area contributed by atoms with Crippen LogP contribution < -0.4 is 5.11 Å². The maximum Gasteiger partial charge on any atom is 0.397 e. The van der Waals surface area contributed by atoms with Crippen molar-refractivity contribution >= 4 is 5.97 Å². The molecule has 0 heterocycles. The molecule has 0 spiro atoms. The topological polar surface area (TPSA) is 67.8 Å². The van der Waals surface area contributed by atoms with Crippen molar-refractivity contribution in [1.29, 1.82) is 0 Å². The van der Waals surface area contributed by atoms with Crippen LogP contribution in [0.3, 0.4) is 0 Å². The molecule has 0 N–H and O–H groups in total. The summed E-state index contributed by atoms with van der Waals surface area (Å²) in [6.07, 6.45) is -4.26. The zero-order valence-corrected chi connectivity index (χ0v) is 7.63. The van der Waals surface area contributed by atoms with Crippen molar-refractivity contribution in [2.45, 2.75) is 6.11 Å². The van der Waals surface area contributed by atoms with E-state index in [0.29, 0.717) is 6.61 Å². The third-order valence-corrected chi connectivity index (χ3v) is 1.18. The summed E-state index contributed by atoms with van der Waals surface area (Å²) in [6.45, 7) is -0.0927. The van der Waals surface area contributed by atoms with Crippen molar-refractivity contribution < 1.29 is 32.9 Å². The number of aliphatic carboxylic acids is 1. The van der Waals surface area contributed by atoms with Crippen LogP contribution >= 0.6 is 0 Å². The molecular formula is C7H11F2O5-. The highest BCUT2D eigenvalue weighted by Crippen LogP contribution is 2.13. The molecule has 0 aliphatic heterocycles. The Morgan fingerprint density at radius 3 is 2.36 bits per heavy atom. The maximum absolute atomic E-state index is 12.2. The Morgan fingerprint density at radius 2 is 1.86 bits per heavy atom. The summed E-state index contributed by atoms with van der Waals surface area (Å²) in [4.78, 5) is 9.74. The third-order valence-electron chi connectivity index (χ3n) is 1.18. The van der Waals surface area contributed by atoms with E-state index < -0.39 is 18.7 Å². The first-order chi connectivity index (χ1) is 6.50. The van der Waals surface area contributed by atoms with Crippen molar-refractivity contribution in [3.05, 3.63) is 0 Å². The van der Waals surface area contributed by atoms with Crippen LogP contribution in [0.5, 0.6) is 0 Å². The van der Waals surface area contributed by atoms with E-state index >= 15 is 0 Å². The van der Waals surface area contributed by atoms with Gasteiger partial charge in [0.05, 0.1) is 26.4 Å². The summed E-state index contributed by atoms with van der Waals surface area (Å²) >= 11 is 0. The van der Waals surface area contributed by atoms with Gasteiger partial charge in [0.15, 0.2) is 0 Å². The molecule has 5 nitrogen and oxygen atoms in total. The molecule has 84 valence electrons. The zero-order chi connectivity index (χ0) is 11.0. The number of halogens is 2. The molecule has 0 bridgehead atoms. The van der Waals surface area contributed by atoms with Crippen LogP contribution in [0.25, 0.3) is 0 Å². The molecule has 0 amide bonds. The predicted molar refractivity (Wildman–Crippen MR) is 38.6 cm³/mol. The fraction of sp³-hybridized carbons (Fsp3) is 0.857. The normalized spacial score (nSPS) is 11.6. The largest absolute Gasteiger partial charge is 0.542 e. The van der Waals surface area contributed by atoms with Crippen LogP contribution in [0, 0.1) is 0 Å². The second-order valence-electron chi connectivity index (χ2n) is 2.26. The number of ether oxygens (including phenoxy) is 3. The van der Waals surface area contributed by atoms with Crippen LogP contribution in [-0.2, 0) is 19.0 Å². The van der Waals surface area contributed by atoms with Crippen molar-refractivity contribution in [1.82, 2.24) is 0 Å². The van der Waals surface area contributed by atoms with Gasteiger partial charge in [0.1, 0.15) is 5.97 Å². The highest BCUT2D eigenvalue weighted by molar-refractivity contribution is 5.71. The number of hydrogen-bond donors (Lipinski definition) is 0. The molecule has 0 aliphatic carbocycles. The molecule has 0 radical (unpaired) electrons. The van der Waals surface area contributed by atoms with Crippen LogP contribution in [-0.4, -0.2) is 45.6 Å². The van der Waals surface area contributed by atoms with Gasteiger partial charge < -0.3 is 24.1 Å². The van der Waals surface area contributed by atoms with Gasteiger partial charge in [0, 0.05) is 7.11 Å². The Balaban J connectivity index is 3.40. The number of carbonyl (C=O) groups excluding carboxylic acids is 1. The molecule has 0 rings (SSSR count). The minimum atomic E-state index is -4.26. The minimum absolute atomic E-state index is 0.133. The molecule has 7 heteroatoms. The van der Waals surface area contributed by atoms with Crippen LogP contribution in [0.15, 0.2) is 0 Å². The number of hydrogen-bond acceptors (Lipinski definition) is 5. The summed E-state index contributed by atoms with van der Waals surface area (Å²) in [7, 11) is 1.46. The zero-order valence-electron chi connectivity index (χ0n) is 7.63. The van der Waals surface area contributed by atoms with Crippen molar-refractivity contribution in [3.8, 4) is 0 Å². The minimum Gasteiger partial charge on any atom is -0.542 e. The Hall–Kier alpha value is -0.790. The van der Waals surface area contributed by atoms with Gasteiger partial charge in [0.2, 0.25) is 0 Å². The lowest BCUT2D eigenvalue weighted by atomic mass is 10.6. The lowest BCUT2D eigenvalue weighted by Crippen LogP contribution is -2.44. The summed E-state index contributed by atoms with van der Waals surface area (Å²) in [5.41, 5.74) is 0. The van der Waals surface area contributed by atoms with Gasteiger partial charge >= 0.3 is 6.11 Å². The molecule has 0 aromatic rings. The van der Waals surface area contributed by atoms with Gasteiger partial charge in [0.25, 0.3) is 0 Å². The quantitative estimate of drug-likeness (QED) is 0.484. The molecule has 0 saturated heterocycles. The van der Waals surface area contributed by atoms with Crippen LogP contribution in [0.1, 0.15) is 0 Å². The molecular weight excluding hydrogens is 202 g/mol. The smallest absolute Gasteiger partial charge is 0.397 e. The lowest BCUT2D eigenvalue weighted by Gasteiger charge is -2.16. The molecule has 0 aromatic heterocycles. The van der Waals surface area contributed by atoms with Crippen molar-refractivity contribution in [2.75, 3.05) is 33.5 Å². The molecule has 0 aromatic carbocycles. The Morgan fingerprint density at radius 1 is 1.29 bits per heavy atom. The third kappa shape index (κ3) is 5.79. The van der Waals surface area contributed by atoms with Gasteiger partial charge in [-0.15, -0.1) is 0 Å². The fourth-order valence-electron chi connectivity index (χ4n) is 0.532. The van der Waals surface area contributed by atoms with Gasteiger partial charge in [-0.2, -0.15) is 8.78 Å². The van der Waals surface area contributed by atoms with Gasteiger partial charge in [-0.1, -0.05) is 0 Å². The summed E-state index contributed by atoms with van der Waals surface area (Å²) < 4.78 is 37.4. The van der Waals surface area contributed by atoms with E-state index in [4.69, 9.17) is 4.74 Å². The highest BCUT2D eigenvalue weighted by Gasteiger charge is 2.31. The number of rotatable bonds is 8. The Kier molecular flexibility index (Phi) is 6.26. The summed E-state index contributed by atoms with van der Waals surface area (Å²) in [6, 6.07) is 0. The Labute approximate surface area is 79.6 Å². The average Bonchev–Trinajstić information content (AvgIpc) is 2.10. The van der Waals surface area contributed by atoms with E-state index in [9.17, 15) is 18.7 Å². The number of carbonyl (C=O) groups is 1. The van der Waals surface area contributed by atoms with Gasteiger partial charge in [-0.3, -0.25) is 0 Å². The first-order valence-corrected chi connectivity index (χ1v) is 3.80. The number of carboxylic acids is 1. The monoisotopic (exact) mass is 213 g/mol. The maximum atomic E-state index is 12.2. The fourth-order valence-corrected chi connectivity index (χ4v) is 0.532. The van der Waals surface area contributed by atoms with Crippen molar-refractivity contribution in [2.24, 2.45) is 0 Å². The number of alkyl halides is 2. The van der Waals surface area contributed by atoms with Gasteiger partial charge in [-0.05, 0) is 0 Å². The molecule has 0 atom stereocenters. The van der Waals surface area contributed by atoms with Gasteiger partial charge in [-0.25, -0.2) is 0 Å². The molecule has 14 heavy (non-hydrogen) atoms. The molecule has 0 saturated carbocycles. The van der Waals surface area contributed by atoms with E-state index in [0.717, 1.165) is 0 Å². The van der Waals surface area contributed by atoms with E-state index in [1.807, 2.05) is 0 Å².